The van der Waals surface area contributed by atoms with Crippen LogP contribution >= 0.6 is 11.3 Å². The Hall–Kier alpha value is -3.71. The van der Waals surface area contributed by atoms with Crippen LogP contribution in [0, 0.1) is 13.8 Å². The second-order valence-electron chi connectivity index (χ2n) is 7.34. The molecule has 1 aliphatic heterocycles. The Bertz CT molecular complexity index is 1210. The van der Waals surface area contributed by atoms with Crippen LogP contribution in [0.4, 0.5) is 17.1 Å². The molecular formula is C24H21N3O3S. The smallest absolute Gasteiger partial charge is 0.282 e. The van der Waals surface area contributed by atoms with E-state index in [0.717, 1.165) is 21.7 Å². The van der Waals surface area contributed by atoms with Crippen molar-refractivity contribution in [1.29, 1.82) is 0 Å². The summed E-state index contributed by atoms with van der Waals surface area (Å²) in [6, 6.07) is 16.2. The van der Waals surface area contributed by atoms with Gasteiger partial charge in [0.1, 0.15) is 5.70 Å². The zero-order valence-corrected chi connectivity index (χ0v) is 18.2. The zero-order chi connectivity index (χ0) is 22.1. The van der Waals surface area contributed by atoms with Crippen molar-refractivity contribution in [3.63, 3.8) is 0 Å². The summed E-state index contributed by atoms with van der Waals surface area (Å²) >= 11 is 1.41. The number of aryl methyl sites for hydroxylation is 2. The zero-order valence-electron chi connectivity index (χ0n) is 17.4. The Morgan fingerprint density at radius 2 is 1.71 bits per heavy atom. The van der Waals surface area contributed by atoms with Crippen molar-refractivity contribution < 1.29 is 14.4 Å². The van der Waals surface area contributed by atoms with Crippen LogP contribution in [0.15, 0.2) is 65.7 Å². The minimum atomic E-state index is -0.416. The monoisotopic (exact) mass is 431 g/mol. The van der Waals surface area contributed by atoms with Crippen molar-refractivity contribution in [3.8, 4) is 0 Å². The maximum Gasteiger partial charge on any atom is 0.282 e. The molecule has 3 amide bonds. The predicted octanol–water partition coefficient (Wildman–Crippen LogP) is 4.72. The van der Waals surface area contributed by atoms with Crippen molar-refractivity contribution >= 4 is 51.7 Å². The molecule has 2 heterocycles. The summed E-state index contributed by atoms with van der Waals surface area (Å²) in [7, 11) is 0. The van der Waals surface area contributed by atoms with Gasteiger partial charge in [0.2, 0.25) is 5.91 Å². The molecule has 0 radical (unpaired) electrons. The lowest BCUT2D eigenvalue weighted by Gasteiger charge is -2.16. The van der Waals surface area contributed by atoms with Gasteiger partial charge in [0.15, 0.2) is 0 Å². The lowest BCUT2D eigenvalue weighted by molar-refractivity contribution is -0.120. The number of rotatable bonds is 5. The molecule has 3 aromatic rings. The third-order valence-corrected chi connectivity index (χ3v) is 5.83. The SMILES string of the molecule is CC(=O)Nc1ccc(N2C(=O)C(Nc3ccc(C)cc3C)=C(c3cccs3)C2=O)cc1. The number of anilines is 3. The highest BCUT2D eigenvalue weighted by Gasteiger charge is 2.40. The number of carbonyl (C=O) groups is 3. The Balaban J connectivity index is 1.73. The molecule has 0 bridgehead atoms. The summed E-state index contributed by atoms with van der Waals surface area (Å²) in [5, 5.41) is 7.76. The lowest BCUT2D eigenvalue weighted by atomic mass is 10.1. The molecule has 0 saturated heterocycles. The molecule has 4 rings (SSSR count). The van der Waals surface area contributed by atoms with Crippen LogP contribution in [0.3, 0.4) is 0 Å². The van der Waals surface area contributed by atoms with Gasteiger partial charge in [0.05, 0.1) is 11.3 Å². The lowest BCUT2D eigenvalue weighted by Crippen LogP contribution is -2.32. The van der Waals surface area contributed by atoms with Crippen LogP contribution in [-0.2, 0) is 14.4 Å². The molecule has 1 aromatic heterocycles. The van der Waals surface area contributed by atoms with Crippen molar-refractivity contribution in [1.82, 2.24) is 0 Å². The summed E-state index contributed by atoms with van der Waals surface area (Å²) in [6.07, 6.45) is 0. The van der Waals surface area contributed by atoms with Crippen LogP contribution in [-0.4, -0.2) is 17.7 Å². The molecule has 6 nitrogen and oxygen atoms in total. The molecule has 0 spiro atoms. The van der Waals surface area contributed by atoms with E-state index >= 15 is 0 Å². The third kappa shape index (κ3) is 4.00. The van der Waals surface area contributed by atoms with Crippen LogP contribution in [0.25, 0.3) is 5.57 Å². The molecule has 0 unspecified atom stereocenters. The average molecular weight is 432 g/mol. The van der Waals surface area contributed by atoms with Crippen molar-refractivity contribution in [2.45, 2.75) is 20.8 Å². The Morgan fingerprint density at radius 1 is 0.968 bits per heavy atom. The number of carbonyl (C=O) groups excluding carboxylic acids is 3. The van der Waals surface area contributed by atoms with Gasteiger partial charge >= 0.3 is 0 Å². The second-order valence-corrected chi connectivity index (χ2v) is 8.29. The molecule has 0 fully saturated rings. The van der Waals surface area contributed by atoms with Crippen molar-refractivity contribution in [3.05, 3.63) is 81.7 Å². The van der Waals surface area contributed by atoms with E-state index in [0.29, 0.717) is 16.9 Å². The van der Waals surface area contributed by atoms with E-state index in [9.17, 15) is 14.4 Å². The fourth-order valence-electron chi connectivity index (χ4n) is 3.52. The summed E-state index contributed by atoms with van der Waals surface area (Å²) in [5.41, 5.74) is 4.52. The van der Waals surface area contributed by atoms with E-state index in [-0.39, 0.29) is 17.5 Å². The minimum absolute atomic E-state index is 0.192. The molecule has 2 N–H and O–H groups in total. The summed E-state index contributed by atoms with van der Waals surface area (Å²) in [5.74, 6) is -0.990. The van der Waals surface area contributed by atoms with Gasteiger partial charge in [-0.15, -0.1) is 11.3 Å². The number of hydrogen-bond donors (Lipinski definition) is 2. The Kier molecular flexibility index (Phi) is 5.44. The van der Waals surface area contributed by atoms with Gasteiger partial charge in [-0.1, -0.05) is 23.8 Å². The maximum absolute atomic E-state index is 13.4. The fourth-order valence-corrected chi connectivity index (χ4v) is 4.28. The van der Waals surface area contributed by atoms with Crippen molar-refractivity contribution in [2.75, 3.05) is 15.5 Å². The first-order valence-electron chi connectivity index (χ1n) is 9.74. The first-order valence-corrected chi connectivity index (χ1v) is 10.6. The van der Waals surface area contributed by atoms with Gasteiger partial charge in [0.25, 0.3) is 11.8 Å². The minimum Gasteiger partial charge on any atom is -0.350 e. The molecule has 156 valence electrons. The molecule has 7 heteroatoms. The van der Waals surface area contributed by atoms with Crippen molar-refractivity contribution in [2.24, 2.45) is 0 Å². The normalized spacial score (nSPS) is 13.7. The quantitative estimate of drug-likeness (QED) is 0.573. The molecule has 2 aromatic carbocycles. The summed E-state index contributed by atoms with van der Waals surface area (Å²) in [4.78, 5) is 39.9. The third-order valence-electron chi connectivity index (χ3n) is 4.94. The van der Waals surface area contributed by atoms with Gasteiger partial charge < -0.3 is 10.6 Å². The summed E-state index contributed by atoms with van der Waals surface area (Å²) in [6.45, 7) is 5.38. The van der Waals surface area contributed by atoms with Gasteiger partial charge in [-0.3, -0.25) is 14.4 Å². The van der Waals surface area contributed by atoms with E-state index in [1.807, 2.05) is 49.6 Å². The maximum atomic E-state index is 13.4. The van der Waals surface area contributed by atoms with Gasteiger partial charge in [-0.25, -0.2) is 4.90 Å². The number of nitrogens with zero attached hydrogens (tertiary/aromatic N) is 1. The van der Waals surface area contributed by atoms with E-state index in [2.05, 4.69) is 10.6 Å². The Labute approximate surface area is 184 Å². The summed E-state index contributed by atoms with van der Waals surface area (Å²) < 4.78 is 0. The number of benzene rings is 2. The molecule has 1 aliphatic rings. The molecular weight excluding hydrogens is 410 g/mol. The number of imide groups is 1. The van der Waals surface area contributed by atoms with Gasteiger partial charge in [0, 0.05) is 23.2 Å². The topological polar surface area (TPSA) is 78.5 Å². The standard InChI is InChI=1S/C24H21N3O3S/c1-14-6-11-19(15(2)13-14)26-22-21(20-5-4-12-31-20)23(29)27(24(22)30)18-9-7-17(8-10-18)25-16(3)28/h4-13,26H,1-3H3,(H,25,28). The van der Waals surface area contributed by atoms with Gasteiger partial charge in [-0.05, 0) is 61.2 Å². The van der Waals surface area contributed by atoms with Crippen LogP contribution in [0.5, 0.6) is 0 Å². The molecule has 0 atom stereocenters. The highest BCUT2D eigenvalue weighted by molar-refractivity contribution is 7.11. The first kappa shape index (κ1) is 20.6. The van der Waals surface area contributed by atoms with Gasteiger partial charge in [-0.2, -0.15) is 0 Å². The molecule has 0 saturated carbocycles. The average Bonchev–Trinajstić information content (AvgIpc) is 3.31. The largest absolute Gasteiger partial charge is 0.350 e. The highest BCUT2D eigenvalue weighted by Crippen LogP contribution is 2.36. The van der Waals surface area contributed by atoms with Crippen LogP contribution in [0.1, 0.15) is 22.9 Å². The Morgan fingerprint density at radius 3 is 2.32 bits per heavy atom. The van der Waals surface area contributed by atoms with E-state index in [1.54, 1.807) is 24.3 Å². The van der Waals surface area contributed by atoms with E-state index < -0.39 is 5.91 Å². The van der Waals surface area contributed by atoms with Crippen LogP contribution in [0.2, 0.25) is 0 Å². The second kappa shape index (κ2) is 8.20. The van der Waals surface area contributed by atoms with E-state index in [4.69, 9.17) is 0 Å². The molecule has 0 aliphatic carbocycles. The first-order chi connectivity index (χ1) is 14.8. The number of thiophene rings is 1. The van der Waals surface area contributed by atoms with Crippen LogP contribution < -0.4 is 15.5 Å². The number of amides is 3. The molecule has 31 heavy (non-hydrogen) atoms. The van der Waals surface area contributed by atoms with E-state index in [1.165, 1.54) is 23.2 Å². The number of nitrogens with one attached hydrogen (secondary N) is 2. The predicted molar refractivity (Wildman–Crippen MR) is 124 cm³/mol. The number of hydrogen-bond acceptors (Lipinski definition) is 5. The fraction of sp³-hybridized carbons (Fsp3) is 0.125. The highest BCUT2D eigenvalue weighted by atomic mass is 32.1.